The number of pyridine rings is 1. The molecule has 2 rings (SSSR count). The van der Waals surface area contributed by atoms with Crippen LogP contribution < -0.4 is 11.2 Å². The van der Waals surface area contributed by atoms with Crippen molar-refractivity contribution in [3.8, 4) is 0 Å². The molecule has 7 heteroatoms. The standard InChI is InChI=1S/C13H17N5O2/c1-13(2,3)20-12(19)11-10(16-14)9-8(18(4)17-11)6-5-7-15-9/h5-7H,14H2,1-4H3. The smallest absolute Gasteiger partial charge is 0.361 e. The molecule has 0 fully saturated rings. The molecule has 7 nitrogen and oxygen atoms in total. The minimum Gasteiger partial charge on any atom is -0.455 e. The highest BCUT2D eigenvalue weighted by Gasteiger charge is 2.22. The SMILES string of the molecule is Cn1nc(C(=O)OC(C)(C)C)c(=NN)c2ncccc21. The maximum absolute atomic E-state index is 12.2. The van der Waals surface area contributed by atoms with Crippen LogP contribution in [0.3, 0.4) is 0 Å². The van der Waals surface area contributed by atoms with Gasteiger partial charge in [-0.2, -0.15) is 10.2 Å². The maximum atomic E-state index is 12.2. The summed E-state index contributed by atoms with van der Waals surface area (Å²) in [6.07, 6.45) is 1.61. The molecule has 2 aromatic rings. The van der Waals surface area contributed by atoms with Crippen LogP contribution >= 0.6 is 0 Å². The summed E-state index contributed by atoms with van der Waals surface area (Å²) in [5.74, 6) is 4.82. The summed E-state index contributed by atoms with van der Waals surface area (Å²) < 4.78 is 6.86. The number of rotatable bonds is 1. The van der Waals surface area contributed by atoms with Crippen molar-refractivity contribution in [1.29, 1.82) is 0 Å². The number of aryl methyl sites for hydroxylation is 1. The topological polar surface area (TPSA) is 95.4 Å². The zero-order valence-corrected chi connectivity index (χ0v) is 11.9. The second-order valence-corrected chi connectivity index (χ2v) is 5.32. The van der Waals surface area contributed by atoms with Crippen LogP contribution in [0.25, 0.3) is 11.0 Å². The Morgan fingerprint density at radius 2 is 2.15 bits per heavy atom. The van der Waals surface area contributed by atoms with E-state index in [-0.39, 0.29) is 11.1 Å². The Morgan fingerprint density at radius 3 is 2.75 bits per heavy atom. The van der Waals surface area contributed by atoms with E-state index in [2.05, 4.69) is 15.2 Å². The van der Waals surface area contributed by atoms with Gasteiger partial charge in [-0.3, -0.25) is 9.67 Å². The first-order valence-electron chi connectivity index (χ1n) is 6.13. The molecule has 0 aliphatic heterocycles. The second-order valence-electron chi connectivity index (χ2n) is 5.32. The number of aromatic nitrogens is 3. The van der Waals surface area contributed by atoms with E-state index >= 15 is 0 Å². The van der Waals surface area contributed by atoms with Crippen molar-refractivity contribution in [2.24, 2.45) is 18.0 Å². The van der Waals surface area contributed by atoms with E-state index in [0.29, 0.717) is 5.52 Å². The molecule has 0 unspecified atom stereocenters. The Bertz CT molecular complexity index is 728. The van der Waals surface area contributed by atoms with Crippen molar-refractivity contribution in [2.75, 3.05) is 0 Å². The van der Waals surface area contributed by atoms with Gasteiger partial charge in [0.15, 0.2) is 5.69 Å². The van der Waals surface area contributed by atoms with Gasteiger partial charge in [-0.25, -0.2) is 4.79 Å². The zero-order valence-electron chi connectivity index (χ0n) is 11.9. The highest BCUT2D eigenvalue weighted by atomic mass is 16.6. The van der Waals surface area contributed by atoms with Crippen LogP contribution in [0, 0.1) is 0 Å². The maximum Gasteiger partial charge on any atom is 0.361 e. The fourth-order valence-electron chi connectivity index (χ4n) is 1.79. The minimum absolute atomic E-state index is 0.0520. The molecular formula is C13H17N5O2. The molecule has 0 saturated carbocycles. The van der Waals surface area contributed by atoms with Crippen LogP contribution in [0.1, 0.15) is 31.3 Å². The van der Waals surface area contributed by atoms with Gasteiger partial charge in [-0.1, -0.05) is 0 Å². The average molecular weight is 275 g/mol. The number of carbonyl (C=O) groups is 1. The molecule has 0 amide bonds. The van der Waals surface area contributed by atoms with Crippen LogP contribution in [-0.4, -0.2) is 26.3 Å². The Hall–Kier alpha value is -2.44. The first-order chi connectivity index (χ1) is 9.33. The normalized spacial score (nSPS) is 12.7. The lowest BCUT2D eigenvalue weighted by Crippen LogP contribution is -2.31. The fraction of sp³-hybridized carbons (Fsp3) is 0.385. The minimum atomic E-state index is -0.623. The molecular weight excluding hydrogens is 258 g/mol. The van der Waals surface area contributed by atoms with E-state index in [0.717, 1.165) is 5.52 Å². The van der Waals surface area contributed by atoms with Gasteiger partial charge in [0.1, 0.15) is 16.5 Å². The number of hydrogen-bond donors (Lipinski definition) is 1. The van der Waals surface area contributed by atoms with E-state index in [1.807, 2.05) is 6.07 Å². The third-order valence-corrected chi connectivity index (χ3v) is 2.55. The van der Waals surface area contributed by atoms with Crippen LogP contribution in [0.4, 0.5) is 0 Å². The highest BCUT2D eigenvalue weighted by Crippen LogP contribution is 2.11. The van der Waals surface area contributed by atoms with Gasteiger partial charge in [0.2, 0.25) is 0 Å². The summed E-state index contributed by atoms with van der Waals surface area (Å²) in [5, 5.41) is 8.07. The second kappa shape index (κ2) is 4.92. The lowest BCUT2D eigenvalue weighted by molar-refractivity contribution is 0.00587. The molecule has 2 aromatic heterocycles. The summed E-state index contributed by atoms with van der Waals surface area (Å²) >= 11 is 0. The predicted molar refractivity (Wildman–Crippen MR) is 73.4 cm³/mol. The van der Waals surface area contributed by atoms with E-state index in [9.17, 15) is 4.79 Å². The third-order valence-electron chi connectivity index (χ3n) is 2.55. The van der Waals surface area contributed by atoms with Gasteiger partial charge in [-0.15, -0.1) is 0 Å². The summed E-state index contributed by atoms with van der Waals surface area (Å²) in [6, 6.07) is 3.60. The number of nitrogens with zero attached hydrogens (tertiary/aromatic N) is 4. The lowest BCUT2D eigenvalue weighted by Gasteiger charge is -2.19. The number of ether oxygens (including phenoxy) is 1. The van der Waals surface area contributed by atoms with Crippen LogP contribution in [0.2, 0.25) is 0 Å². The number of hydrogen-bond acceptors (Lipinski definition) is 6. The van der Waals surface area contributed by atoms with E-state index in [1.165, 1.54) is 0 Å². The first kappa shape index (κ1) is 14.0. The lowest BCUT2D eigenvalue weighted by atomic mass is 10.2. The molecule has 0 aliphatic rings. The Balaban J connectivity index is 2.69. The van der Waals surface area contributed by atoms with Crippen LogP contribution in [-0.2, 0) is 11.8 Å². The van der Waals surface area contributed by atoms with Crippen LogP contribution in [0.5, 0.6) is 0 Å². The highest BCUT2D eigenvalue weighted by molar-refractivity contribution is 5.90. The quantitative estimate of drug-likeness (QED) is 0.469. The van der Waals surface area contributed by atoms with E-state index in [4.69, 9.17) is 10.6 Å². The van der Waals surface area contributed by atoms with E-state index < -0.39 is 11.6 Å². The third kappa shape index (κ3) is 2.61. The van der Waals surface area contributed by atoms with Gasteiger partial charge < -0.3 is 10.6 Å². The summed E-state index contributed by atoms with van der Waals surface area (Å²) in [4.78, 5) is 16.4. The molecule has 0 saturated heterocycles. The molecule has 0 atom stereocenters. The van der Waals surface area contributed by atoms with Crippen molar-refractivity contribution in [3.05, 3.63) is 29.4 Å². The van der Waals surface area contributed by atoms with Crippen LogP contribution in [0.15, 0.2) is 23.4 Å². The summed E-state index contributed by atoms with van der Waals surface area (Å²) in [5.41, 5.74) is 0.663. The summed E-state index contributed by atoms with van der Waals surface area (Å²) in [7, 11) is 1.72. The average Bonchev–Trinajstić information content (AvgIpc) is 2.36. The molecule has 0 spiro atoms. The van der Waals surface area contributed by atoms with Gasteiger partial charge in [0, 0.05) is 13.2 Å². The number of nitrogens with two attached hydrogens (primary N) is 1. The van der Waals surface area contributed by atoms with Crippen molar-refractivity contribution >= 4 is 17.0 Å². The largest absolute Gasteiger partial charge is 0.455 e. The van der Waals surface area contributed by atoms with Crippen molar-refractivity contribution < 1.29 is 9.53 Å². The Labute approximate surface area is 116 Å². The van der Waals surface area contributed by atoms with Gasteiger partial charge in [-0.05, 0) is 32.9 Å². The molecule has 2 N–H and O–H groups in total. The molecule has 0 radical (unpaired) electrons. The number of fused-ring (bicyclic) bond motifs is 1. The van der Waals surface area contributed by atoms with Gasteiger partial charge in [0.05, 0.1) is 5.52 Å². The molecule has 106 valence electrons. The molecule has 0 aliphatic carbocycles. The first-order valence-corrected chi connectivity index (χ1v) is 6.13. The number of carbonyl (C=O) groups excluding carboxylic acids is 1. The van der Waals surface area contributed by atoms with Gasteiger partial charge in [0.25, 0.3) is 0 Å². The molecule has 20 heavy (non-hydrogen) atoms. The fourth-order valence-corrected chi connectivity index (χ4v) is 1.79. The van der Waals surface area contributed by atoms with Crippen molar-refractivity contribution in [3.63, 3.8) is 0 Å². The van der Waals surface area contributed by atoms with E-state index in [1.54, 1.807) is 44.8 Å². The zero-order chi connectivity index (χ0) is 14.9. The Kier molecular flexibility index (Phi) is 3.44. The molecule has 0 bridgehead atoms. The monoisotopic (exact) mass is 275 g/mol. The van der Waals surface area contributed by atoms with Gasteiger partial charge >= 0.3 is 5.97 Å². The number of esters is 1. The van der Waals surface area contributed by atoms with Crippen molar-refractivity contribution in [1.82, 2.24) is 14.8 Å². The predicted octanol–water partition coefficient (Wildman–Crippen LogP) is 0.698. The molecule has 0 aromatic carbocycles. The summed E-state index contributed by atoms with van der Waals surface area (Å²) in [6.45, 7) is 5.34. The Morgan fingerprint density at radius 1 is 1.45 bits per heavy atom. The molecule has 2 heterocycles. The van der Waals surface area contributed by atoms with Crippen molar-refractivity contribution in [2.45, 2.75) is 26.4 Å².